The molecule has 0 spiro atoms. The minimum atomic E-state index is 0.615. The molecule has 1 aromatic rings. The molecule has 3 nitrogen and oxygen atoms in total. The van der Waals surface area contributed by atoms with E-state index in [4.69, 9.17) is 10.5 Å². The van der Waals surface area contributed by atoms with E-state index in [1.54, 1.807) is 7.11 Å². The lowest BCUT2D eigenvalue weighted by Crippen LogP contribution is -2.21. The summed E-state index contributed by atoms with van der Waals surface area (Å²) in [6, 6.07) is 8.08. The van der Waals surface area contributed by atoms with Gasteiger partial charge in [0.05, 0.1) is 18.0 Å². The zero-order valence-corrected chi connectivity index (χ0v) is 10.0. The molecule has 16 heavy (non-hydrogen) atoms. The van der Waals surface area contributed by atoms with Gasteiger partial charge in [-0.25, -0.2) is 0 Å². The quantitative estimate of drug-likeness (QED) is 0.792. The summed E-state index contributed by atoms with van der Waals surface area (Å²) >= 11 is 0. The molecule has 1 fully saturated rings. The molecule has 0 unspecified atom stereocenters. The molecule has 2 N–H and O–H groups in total. The zero-order valence-electron chi connectivity index (χ0n) is 10.0. The van der Waals surface area contributed by atoms with E-state index in [0.717, 1.165) is 31.1 Å². The normalized spacial score (nSPS) is 25.0. The number of hydrogen-bond acceptors (Lipinski definition) is 3. The number of methoxy groups -OCH3 is 1. The van der Waals surface area contributed by atoms with Crippen LogP contribution in [0.2, 0.25) is 0 Å². The lowest BCUT2D eigenvalue weighted by Gasteiger charge is -2.20. The standard InChI is InChI=1S/C13H20N2O/c1-10-7-15(8-11(10)9-16-2)13-6-4-3-5-12(13)14/h3-6,10-11H,7-9,14H2,1-2H3/t10-,11+/m1/s1. The molecular formula is C13H20N2O. The van der Waals surface area contributed by atoms with Crippen molar-refractivity contribution < 1.29 is 4.74 Å². The number of hydrogen-bond donors (Lipinski definition) is 1. The molecule has 88 valence electrons. The van der Waals surface area contributed by atoms with Crippen molar-refractivity contribution in [1.82, 2.24) is 0 Å². The van der Waals surface area contributed by atoms with E-state index in [9.17, 15) is 0 Å². The second-order valence-corrected chi connectivity index (χ2v) is 4.66. The average molecular weight is 220 g/mol. The Balaban J connectivity index is 2.11. The molecule has 1 heterocycles. The summed E-state index contributed by atoms with van der Waals surface area (Å²) in [6.07, 6.45) is 0. The van der Waals surface area contributed by atoms with Crippen molar-refractivity contribution >= 4 is 11.4 Å². The lowest BCUT2D eigenvalue weighted by atomic mass is 10.00. The van der Waals surface area contributed by atoms with Crippen molar-refractivity contribution in [3.05, 3.63) is 24.3 Å². The number of anilines is 2. The Labute approximate surface area is 97.2 Å². The van der Waals surface area contributed by atoms with Crippen molar-refractivity contribution in [2.75, 3.05) is 37.4 Å². The number of rotatable bonds is 3. The molecule has 1 aromatic carbocycles. The zero-order chi connectivity index (χ0) is 11.5. The third-order valence-corrected chi connectivity index (χ3v) is 3.43. The summed E-state index contributed by atoms with van der Waals surface area (Å²) in [7, 11) is 1.77. The van der Waals surface area contributed by atoms with Gasteiger partial charge in [-0.05, 0) is 18.1 Å². The fourth-order valence-electron chi connectivity index (χ4n) is 2.44. The van der Waals surface area contributed by atoms with Crippen molar-refractivity contribution in [3.8, 4) is 0 Å². The van der Waals surface area contributed by atoms with Gasteiger partial charge >= 0.3 is 0 Å². The molecule has 0 aliphatic carbocycles. The summed E-state index contributed by atoms with van der Waals surface area (Å²) in [4.78, 5) is 2.36. The van der Waals surface area contributed by atoms with Gasteiger partial charge < -0.3 is 15.4 Å². The van der Waals surface area contributed by atoms with E-state index in [1.807, 2.05) is 18.2 Å². The Bertz CT molecular complexity index is 354. The molecule has 0 saturated carbocycles. The van der Waals surface area contributed by atoms with Crippen LogP contribution in [-0.4, -0.2) is 26.8 Å². The maximum atomic E-state index is 5.99. The highest BCUT2D eigenvalue weighted by Gasteiger charge is 2.30. The summed E-state index contributed by atoms with van der Waals surface area (Å²) in [5.41, 5.74) is 8.02. The van der Waals surface area contributed by atoms with Crippen LogP contribution in [0.4, 0.5) is 11.4 Å². The number of ether oxygens (including phenoxy) is 1. The van der Waals surface area contributed by atoms with Gasteiger partial charge in [-0.2, -0.15) is 0 Å². The molecule has 0 bridgehead atoms. The fourth-order valence-corrected chi connectivity index (χ4v) is 2.44. The number of para-hydroxylation sites is 2. The molecule has 0 amide bonds. The van der Waals surface area contributed by atoms with Gasteiger partial charge in [-0.3, -0.25) is 0 Å². The van der Waals surface area contributed by atoms with Crippen molar-refractivity contribution in [2.24, 2.45) is 11.8 Å². The Morgan fingerprint density at radius 2 is 2.12 bits per heavy atom. The van der Waals surface area contributed by atoms with Crippen molar-refractivity contribution in [2.45, 2.75) is 6.92 Å². The minimum absolute atomic E-state index is 0.615. The third-order valence-electron chi connectivity index (χ3n) is 3.43. The minimum Gasteiger partial charge on any atom is -0.397 e. The van der Waals surface area contributed by atoms with Crippen LogP contribution in [0.5, 0.6) is 0 Å². The van der Waals surface area contributed by atoms with Gasteiger partial charge in [0, 0.05) is 26.1 Å². The molecular weight excluding hydrogens is 200 g/mol. The summed E-state index contributed by atoms with van der Waals surface area (Å²) in [5.74, 6) is 1.28. The molecule has 1 aliphatic heterocycles. The van der Waals surface area contributed by atoms with Gasteiger partial charge in [-0.15, -0.1) is 0 Å². The van der Waals surface area contributed by atoms with Crippen LogP contribution >= 0.6 is 0 Å². The van der Waals surface area contributed by atoms with Crippen LogP contribution in [0.15, 0.2) is 24.3 Å². The maximum Gasteiger partial charge on any atom is 0.0600 e. The second kappa shape index (κ2) is 4.74. The van der Waals surface area contributed by atoms with Crippen LogP contribution in [0.25, 0.3) is 0 Å². The van der Waals surface area contributed by atoms with Gasteiger partial charge in [0.1, 0.15) is 0 Å². The van der Waals surface area contributed by atoms with E-state index in [2.05, 4.69) is 17.9 Å². The number of nitrogens with zero attached hydrogens (tertiary/aromatic N) is 1. The van der Waals surface area contributed by atoms with E-state index in [-0.39, 0.29) is 0 Å². The maximum absolute atomic E-state index is 5.99. The van der Waals surface area contributed by atoms with Crippen LogP contribution in [0.3, 0.4) is 0 Å². The number of benzene rings is 1. The third kappa shape index (κ3) is 2.14. The first kappa shape index (κ1) is 11.3. The van der Waals surface area contributed by atoms with Gasteiger partial charge in [0.25, 0.3) is 0 Å². The van der Waals surface area contributed by atoms with E-state index in [0.29, 0.717) is 11.8 Å². The van der Waals surface area contributed by atoms with Crippen LogP contribution in [0.1, 0.15) is 6.92 Å². The Morgan fingerprint density at radius 1 is 1.38 bits per heavy atom. The second-order valence-electron chi connectivity index (χ2n) is 4.66. The Morgan fingerprint density at radius 3 is 2.81 bits per heavy atom. The fraction of sp³-hybridized carbons (Fsp3) is 0.538. The van der Waals surface area contributed by atoms with Crippen LogP contribution < -0.4 is 10.6 Å². The van der Waals surface area contributed by atoms with Crippen molar-refractivity contribution in [1.29, 1.82) is 0 Å². The van der Waals surface area contributed by atoms with Gasteiger partial charge in [-0.1, -0.05) is 19.1 Å². The molecule has 2 atom stereocenters. The molecule has 2 rings (SSSR count). The number of nitrogen functional groups attached to an aromatic ring is 1. The smallest absolute Gasteiger partial charge is 0.0600 e. The first-order valence-corrected chi connectivity index (χ1v) is 5.80. The molecule has 1 aliphatic rings. The highest BCUT2D eigenvalue weighted by atomic mass is 16.5. The molecule has 3 heteroatoms. The Hall–Kier alpha value is -1.22. The van der Waals surface area contributed by atoms with Crippen LogP contribution in [-0.2, 0) is 4.74 Å². The summed E-state index contributed by atoms with van der Waals surface area (Å²) < 4.78 is 5.25. The average Bonchev–Trinajstić information content (AvgIpc) is 2.61. The highest BCUT2D eigenvalue weighted by molar-refractivity contribution is 5.67. The highest BCUT2D eigenvalue weighted by Crippen LogP contribution is 2.31. The largest absolute Gasteiger partial charge is 0.397 e. The summed E-state index contributed by atoms with van der Waals surface area (Å²) in [6.45, 7) is 5.23. The van der Waals surface area contributed by atoms with E-state index >= 15 is 0 Å². The monoisotopic (exact) mass is 220 g/mol. The molecule has 0 radical (unpaired) electrons. The predicted octanol–water partition coefficient (Wildman–Crippen LogP) is 1.99. The number of nitrogens with two attached hydrogens (primary N) is 1. The lowest BCUT2D eigenvalue weighted by molar-refractivity contribution is 0.144. The van der Waals surface area contributed by atoms with Crippen LogP contribution in [0, 0.1) is 11.8 Å². The molecule has 1 saturated heterocycles. The van der Waals surface area contributed by atoms with E-state index in [1.165, 1.54) is 0 Å². The Kier molecular flexibility index (Phi) is 3.34. The van der Waals surface area contributed by atoms with E-state index < -0.39 is 0 Å². The summed E-state index contributed by atoms with van der Waals surface area (Å²) in [5, 5.41) is 0. The van der Waals surface area contributed by atoms with Crippen molar-refractivity contribution in [3.63, 3.8) is 0 Å². The van der Waals surface area contributed by atoms with Gasteiger partial charge in [0.15, 0.2) is 0 Å². The molecule has 0 aromatic heterocycles. The van der Waals surface area contributed by atoms with Gasteiger partial charge in [0.2, 0.25) is 0 Å². The topological polar surface area (TPSA) is 38.5 Å². The predicted molar refractivity (Wildman–Crippen MR) is 67.6 cm³/mol. The SMILES string of the molecule is COC[C@@H]1CN(c2ccccc2N)C[C@H]1C. The first-order chi connectivity index (χ1) is 7.72. The first-order valence-electron chi connectivity index (χ1n) is 5.80.